The van der Waals surface area contributed by atoms with Crippen LogP contribution in [0, 0.1) is 0 Å². The highest BCUT2D eigenvalue weighted by molar-refractivity contribution is 8.00. The maximum Gasteiger partial charge on any atom is 0.416 e. The molecule has 1 aromatic heterocycles. The van der Waals surface area contributed by atoms with Gasteiger partial charge >= 0.3 is 6.18 Å². The molecule has 1 atom stereocenters. The number of H-pyrrole nitrogens is 1. The topological polar surface area (TPSA) is 57.8 Å². The number of rotatable bonds is 1. The molecule has 0 aliphatic carbocycles. The summed E-state index contributed by atoms with van der Waals surface area (Å²) in [7, 11) is 0. The van der Waals surface area contributed by atoms with E-state index in [0.29, 0.717) is 11.4 Å². The number of alkyl halides is 3. The number of thioether (sulfide) groups is 1. The van der Waals surface area contributed by atoms with Crippen molar-refractivity contribution < 1.29 is 18.0 Å². The number of halogens is 3. The summed E-state index contributed by atoms with van der Waals surface area (Å²) in [5, 5.41) is 9.01. The summed E-state index contributed by atoms with van der Waals surface area (Å²) < 4.78 is 37.8. The zero-order valence-electron chi connectivity index (χ0n) is 10.6. The second-order valence-corrected chi connectivity index (χ2v) is 5.65. The van der Waals surface area contributed by atoms with Crippen molar-refractivity contribution in [2.75, 3.05) is 11.1 Å². The molecule has 0 saturated carbocycles. The monoisotopic (exact) mass is 313 g/mol. The predicted molar refractivity (Wildman–Crippen MR) is 73.0 cm³/mol. The number of amides is 1. The molecule has 8 heteroatoms. The van der Waals surface area contributed by atoms with E-state index in [1.165, 1.54) is 23.9 Å². The lowest BCUT2D eigenvalue weighted by atomic mass is 10.0. The van der Waals surface area contributed by atoms with E-state index < -0.39 is 11.7 Å². The maximum absolute atomic E-state index is 12.6. The Bertz CT molecular complexity index is 666. The summed E-state index contributed by atoms with van der Waals surface area (Å²) >= 11 is 1.35. The standard InChI is InChI=1S/C13H10F3N3OS/c14-13(15,16)8-3-1-7(2-4-8)11-9-5-17-19-12(9)18-10(20)6-21-11/h1-5,11H,6H2,(H2,17,18,19,20)/t11-/m1/s1. The lowest BCUT2D eigenvalue weighted by Gasteiger charge is -2.15. The summed E-state index contributed by atoms with van der Waals surface area (Å²) in [6.07, 6.45) is -2.77. The van der Waals surface area contributed by atoms with Gasteiger partial charge in [0.25, 0.3) is 0 Å². The van der Waals surface area contributed by atoms with E-state index in [0.717, 1.165) is 17.7 Å². The maximum atomic E-state index is 12.6. The van der Waals surface area contributed by atoms with E-state index in [2.05, 4.69) is 15.5 Å². The Balaban J connectivity index is 1.95. The van der Waals surface area contributed by atoms with Crippen LogP contribution in [0.5, 0.6) is 0 Å². The van der Waals surface area contributed by atoms with Gasteiger partial charge in [-0.1, -0.05) is 12.1 Å². The largest absolute Gasteiger partial charge is 0.416 e. The number of hydrogen-bond donors (Lipinski definition) is 2. The van der Waals surface area contributed by atoms with E-state index in [-0.39, 0.29) is 16.9 Å². The van der Waals surface area contributed by atoms with Crippen molar-refractivity contribution >= 4 is 23.5 Å². The van der Waals surface area contributed by atoms with Crippen molar-refractivity contribution in [3.63, 3.8) is 0 Å². The smallest absolute Gasteiger partial charge is 0.310 e. The number of carbonyl (C=O) groups is 1. The third kappa shape index (κ3) is 2.76. The zero-order valence-corrected chi connectivity index (χ0v) is 11.4. The van der Waals surface area contributed by atoms with Crippen LogP contribution >= 0.6 is 11.8 Å². The van der Waals surface area contributed by atoms with Gasteiger partial charge in [-0.15, -0.1) is 11.8 Å². The highest BCUT2D eigenvalue weighted by Crippen LogP contribution is 2.41. The number of benzene rings is 1. The van der Waals surface area contributed by atoms with Crippen molar-refractivity contribution in [1.29, 1.82) is 0 Å². The summed E-state index contributed by atoms with van der Waals surface area (Å²) in [6, 6.07) is 4.98. The highest BCUT2D eigenvalue weighted by Gasteiger charge is 2.31. The lowest BCUT2D eigenvalue weighted by Crippen LogP contribution is -2.12. The molecule has 0 bridgehead atoms. The Labute approximate surface area is 122 Å². The minimum Gasteiger partial charge on any atom is -0.310 e. The molecular formula is C13H10F3N3OS. The van der Waals surface area contributed by atoms with Crippen LogP contribution < -0.4 is 5.32 Å². The lowest BCUT2D eigenvalue weighted by molar-refractivity contribution is -0.137. The van der Waals surface area contributed by atoms with Gasteiger partial charge in [-0.05, 0) is 17.7 Å². The molecule has 2 heterocycles. The fraction of sp³-hybridized carbons (Fsp3) is 0.231. The predicted octanol–water partition coefficient (Wildman–Crippen LogP) is 3.20. The molecule has 1 amide bonds. The van der Waals surface area contributed by atoms with Crippen molar-refractivity contribution in [3.05, 3.63) is 47.2 Å². The van der Waals surface area contributed by atoms with Gasteiger partial charge in [0, 0.05) is 5.56 Å². The van der Waals surface area contributed by atoms with Crippen LogP contribution in [0.15, 0.2) is 30.5 Å². The first kappa shape index (κ1) is 14.0. The van der Waals surface area contributed by atoms with Crippen molar-refractivity contribution in [2.24, 2.45) is 0 Å². The number of carbonyl (C=O) groups excluding carboxylic acids is 1. The molecule has 0 saturated heterocycles. The molecule has 0 fully saturated rings. The molecule has 0 radical (unpaired) electrons. The Morgan fingerprint density at radius 1 is 1.24 bits per heavy atom. The van der Waals surface area contributed by atoms with E-state index in [1.807, 2.05) is 0 Å². The first-order valence-electron chi connectivity index (χ1n) is 6.07. The van der Waals surface area contributed by atoms with Crippen LogP contribution in [0.2, 0.25) is 0 Å². The van der Waals surface area contributed by atoms with Crippen LogP contribution in [0.3, 0.4) is 0 Å². The third-order valence-electron chi connectivity index (χ3n) is 3.14. The molecule has 1 aromatic carbocycles. The molecule has 21 heavy (non-hydrogen) atoms. The second-order valence-electron chi connectivity index (χ2n) is 4.56. The van der Waals surface area contributed by atoms with Gasteiger partial charge in [0.05, 0.1) is 22.8 Å². The Hall–Kier alpha value is -1.96. The van der Waals surface area contributed by atoms with E-state index in [4.69, 9.17) is 0 Å². The fourth-order valence-electron chi connectivity index (χ4n) is 2.14. The van der Waals surface area contributed by atoms with E-state index >= 15 is 0 Å². The number of anilines is 1. The van der Waals surface area contributed by atoms with E-state index in [9.17, 15) is 18.0 Å². The minimum atomic E-state index is -4.35. The molecule has 2 aromatic rings. The van der Waals surface area contributed by atoms with Gasteiger partial charge in [0.2, 0.25) is 5.91 Å². The molecule has 1 aliphatic rings. The summed E-state index contributed by atoms with van der Waals surface area (Å²) in [4.78, 5) is 11.6. The first-order chi connectivity index (χ1) is 9.95. The van der Waals surface area contributed by atoms with Crippen molar-refractivity contribution in [1.82, 2.24) is 10.2 Å². The van der Waals surface area contributed by atoms with Crippen LogP contribution in [0.1, 0.15) is 21.9 Å². The normalized spacial score (nSPS) is 18.8. The second kappa shape index (κ2) is 5.10. The third-order valence-corrected chi connectivity index (χ3v) is 4.43. The number of aromatic nitrogens is 2. The fourth-order valence-corrected chi connectivity index (χ4v) is 3.24. The van der Waals surface area contributed by atoms with Gasteiger partial charge in [-0.25, -0.2) is 0 Å². The van der Waals surface area contributed by atoms with Gasteiger partial charge in [-0.2, -0.15) is 18.3 Å². The van der Waals surface area contributed by atoms with Gasteiger partial charge in [0.15, 0.2) is 0 Å². The first-order valence-corrected chi connectivity index (χ1v) is 7.12. The average Bonchev–Trinajstić information content (AvgIpc) is 2.81. The number of fused-ring (bicyclic) bond motifs is 1. The van der Waals surface area contributed by atoms with Crippen LogP contribution in [-0.4, -0.2) is 21.9 Å². The van der Waals surface area contributed by atoms with Crippen LogP contribution in [0.4, 0.5) is 19.0 Å². The molecule has 1 aliphatic heterocycles. The number of nitrogens with zero attached hydrogens (tertiary/aromatic N) is 1. The van der Waals surface area contributed by atoms with Gasteiger partial charge < -0.3 is 5.32 Å². The summed E-state index contributed by atoms with van der Waals surface area (Å²) in [5.74, 6) is 0.559. The number of hydrogen-bond acceptors (Lipinski definition) is 3. The number of nitrogens with one attached hydrogen (secondary N) is 2. The Morgan fingerprint density at radius 2 is 1.95 bits per heavy atom. The molecule has 3 rings (SSSR count). The SMILES string of the molecule is O=C1CS[C@H](c2ccc(C(F)(F)F)cc2)c2cn[nH]c2N1. The molecule has 110 valence electrons. The number of aromatic amines is 1. The Kier molecular flexibility index (Phi) is 3.40. The van der Waals surface area contributed by atoms with Gasteiger partial charge in [0.1, 0.15) is 5.82 Å². The highest BCUT2D eigenvalue weighted by atomic mass is 32.2. The molecular weight excluding hydrogens is 303 g/mol. The zero-order chi connectivity index (χ0) is 15.0. The minimum absolute atomic E-state index is 0.167. The molecule has 4 nitrogen and oxygen atoms in total. The Morgan fingerprint density at radius 3 is 2.62 bits per heavy atom. The van der Waals surface area contributed by atoms with E-state index in [1.54, 1.807) is 6.20 Å². The average molecular weight is 313 g/mol. The van der Waals surface area contributed by atoms with Crippen molar-refractivity contribution in [2.45, 2.75) is 11.4 Å². The van der Waals surface area contributed by atoms with Crippen LogP contribution in [0.25, 0.3) is 0 Å². The van der Waals surface area contributed by atoms with Crippen LogP contribution in [-0.2, 0) is 11.0 Å². The quantitative estimate of drug-likeness (QED) is 0.850. The molecule has 0 unspecified atom stereocenters. The van der Waals surface area contributed by atoms with Crippen molar-refractivity contribution in [3.8, 4) is 0 Å². The summed E-state index contributed by atoms with van der Waals surface area (Å²) in [6.45, 7) is 0. The summed E-state index contributed by atoms with van der Waals surface area (Å²) in [5.41, 5.74) is 0.768. The molecule has 0 spiro atoms. The van der Waals surface area contributed by atoms with Gasteiger partial charge in [-0.3, -0.25) is 9.89 Å². The molecule has 2 N–H and O–H groups in total.